The monoisotopic (exact) mass is 355 g/mol. The van der Waals surface area contributed by atoms with E-state index in [0.717, 1.165) is 4.90 Å². The van der Waals surface area contributed by atoms with Gasteiger partial charge in [0.25, 0.3) is 0 Å². The quantitative estimate of drug-likeness (QED) is 0.788. The Morgan fingerprint density at radius 2 is 2.08 bits per heavy atom. The number of aliphatic carboxylic acids is 1. The zero-order valence-electron chi connectivity index (χ0n) is 14.9. The molecule has 136 valence electrons. The summed E-state index contributed by atoms with van der Waals surface area (Å²) in [5, 5.41) is 22.3. The minimum Gasteiger partial charge on any atom is -0.480 e. The van der Waals surface area contributed by atoms with Gasteiger partial charge in [-0.05, 0) is 30.5 Å². The third-order valence-corrected chi connectivity index (χ3v) is 5.64. The first-order valence-corrected chi connectivity index (χ1v) is 8.65. The van der Waals surface area contributed by atoms with Gasteiger partial charge in [0.15, 0.2) is 0 Å². The number of likely N-dealkylation sites (tertiary alicyclic amines) is 1. The number of carbonyl (C=O) groups excluding carboxylic acids is 2. The van der Waals surface area contributed by atoms with Gasteiger partial charge in [-0.25, -0.2) is 0 Å². The number of fused-ring (bicyclic) bond motifs is 1. The number of carboxylic acids is 1. The summed E-state index contributed by atoms with van der Waals surface area (Å²) in [6.45, 7) is 5.38. The van der Waals surface area contributed by atoms with Gasteiger partial charge in [0.05, 0.1) is 23.5 Å². The van der Waals surface area contributed by atoms with Crippen molar-refractivity contribution in [2.45, 2.75) is 32.4 Å². The predicted molar refractivity (Wildman–Crippen MR) is 91.6 cm³/mol. The minimum atomic E-state index is -1.53. The number of carbonyl (C=O) groups is 3. The SMILES string of the molecule is CCN1C(=O)C2C(c3cccc(C#N)c3)NC(C(=O)O)(C(C)C)C2C1=O. The standard InChI is InChI=1S/C19H21N3O4/c1-4-22-16(23)13-14(17(22)24)19(10(2)3,18(25)26)21-15(13)12-7-5-6-11(8-12)9-20/h5-8,10,13-15,21H,4H2,1-3H3,(H,25,26). The summed E-state index contributed by atoms with van der Waals surface area (Å²) in [5.41, 5.74) is -0.474. The van der Waals surface area contributed by atoms with Crippen LogP contribution in [0.4, 0.5) is 0 Å². The van der Waals surface area contributed by atoms with Crippen molar-refractivity contribution in [2.24, 2.45) is 17.8 Å². The van der Waals surface area contributed by atoms with Gasteiger partial charge in [0.2, 0.25) is 11.8 Å². The van der Waals surface area contributed by atoms with Gasteiger partial charge < -0.3 is 5.11 Å². The summed E-state index contributed by atoms with van der Waals surface area (Å²) in [6.07, 6.45) is 0. The molecule has 7 nitrogen and oxygen atoms in total. The Hall–Kier alpha value is -2.72. The van der Waals surface area contributed by atoms with Gasteiger partial charge in [-0.3, -0.25) is 24.6 Å². The van der Waals surface area contributed by atoms with Gasteiger partial charge in [-0.1, -0.05) is 26.0 Å². The second-order valence-corrected chi connectivity index (χ2v) is 7.11. The Morgan fingerprint density at radius 1 is 1.38 bits per heavy atom. The third-order valence-electron chi connectivity index (χ3n) is 5.64. The van der Waals surface area contributed by atoms with Crippen LogP contribution in [-0.2, 0) is 14.4 Å². The second-order valence-electron chi connectivity index (χ2n) is 7.11. The molecule has 2 fully saturated rings. The van der Waals surface area contributed by atoms with Crippen molar-refractivity contribution in [3.8, 4) is 6.07 Å². The van der Waals surface area contributed by atoms with Crippen LogP contribution in [0.15, 0.2) is 24.3 Å². The molecule has 7 heteroatoms. The van der Waals surface area contributed by atoms with Gasteiger partial charge in [0, 0.05) is 12.6 Å². The summed E-state index contributed by atoms with van der Waals surface area (Å²) in [4.78, 5) is 39.2. The number of amides is 2. The van der Waals surface area contributed by atoms with Gasteiger partial charge in [0.1, 0.15) is 5.54 Å². The molecule has 1 aromatic rings. The van der Waals surface area contributed by atoms with Crippen LogP contribution in [0.1, 0.15) is 37.9 Å². The Bertz CT molecular complexity index is 828. The van der Waals surface area contributed by atoms with E-state index in [9.17, 15) is 19.5 Å². The maximum atomic E-state index is 12.9. The van der Waals surface area contributed by atoms with Crippen molar-refractivity contribution < 1.29 is 19.5 Å². The molecule has 2 heterocycles. The summed E-state index contributed by atoms with van der Waals surface area (Å²) < 4.78 is 0. The molecular weight excluding hydrogens is 334 g/mol. The van der Waals surface area contributed by atoms with Crippen LogP contribution in [0, 0.1) is 29.1 Å². The van der Waals surface area contributed by atoms with E-state index in [4.69, 9.17) is 5.26 Å². The van der Waals surface area contributed by atoms with Crippen LogP contribution in [0.3, 0.4) is 0 Å². The zero-order valence-corrected chi connectivity index (χ0v) is 14.9. The number of nitrogens with one attached hydrogen (secondary N) is 1. The summed E-state index contributed by atoms with van der Waals surface area (Å²) in [7, 11) is 0. The number of hydrogen-bond acceptors (Lipinski definition) is 5. The lowest BCUT2D eigenvalue weighted by Crippen LogP contribution is -2.59. The molecule has 4 unspecified atom stereocenters. The fourth-order valence-corrected chi connectivity index (χ4v) is 4.37. The van der Waals surface area contributed by atoms with E-state index in [-0.39, 0.29) is 12.5 Å². The number of rotatable bonds is 4. The highest BCUT2D eigenvalue weighted by molar-refractivity contribution is 6.09. The van der Waals surface area contributed by atoms with E-state index >= 15 is 0 Å². The van der Waals surface area contributed by atoms with Gasteiger partial charge in [-0.2, -0.15) is 5.26 Å². The van der Waals surface area contributed by atoms with Crippen molar-refractivity contribution in [3.05, 3.63) is 35.4 Å². The van der Waals surface area contributed by atoms with E-state index in [0.29, 0.717) is 11.1 Å². The molecule has 2 N–H and O–H groups in total. The number of nitrogens with zero attached hydrogens (tertiary/aromatic N) is 2. The molecule has 0 aromatic heterocycles. The lowest BCUT2D eigenvalue weighted by molar-refractivity contribution is -0.153. The average Bonchev–Trinajstić information content (AvgIpc) is 3.10. The lowest BCUT2D eigenvalue weighted by atomic mass is 9.73. The molecule has 3 rings (SSSR count). The molecule has 0 spiro atoms. The summed E-state index contributed by atoms with van der Waals surface area (Å²) in [6, 6.07) is 8.14. The van der Waals surface area contributed by atoms with Gasteiger partial charge in [-0.15, -0.1) is 0 Å². The fraction of sp³-hybridized carbons (Fsp3) is 0.474. The highest BCUT2D eigenvalue weighted by Crippen LogP contribution is 2.51. The molecule has 1 aromatic carbocycles. The van der Waals surface area contributed by atoms with E-state index in [1.807, 2.05) is 0 Å². The number of benzene rings is 1. The Morgan fingerprint density at radius 3 is 2.62 bits per heavy atom. The van der Waals surface area contributed by atoms with Crippen LogP contribution in [0.25, 0.3) is 0 Å². The van der Waals surface area contributed by atoms with Crippen molar-refractivity contribution in [3.63, 3.8) is 0 Å². The fourth-order valence-electron chi connectivity index (χ4n) is 4.37. The van der Waals surface area contributed by atoms with Crippen molar-refractivity contribution in [1.82, 2.24) is 10.2 Å². The Labute approximate surface area is 151 Å². The maximum Gasteiger partial charge on any atom is 0.325 e. The number of imide groups is 1. The molecule has 0 aliphatic carbocycles. The van der Waals surface area contributed by atoms with E-state index < -0.39 is 41.2 Å². The molecule has 2 saturated heterocycles. The Balaban J connectivity index is 2.19. The molecule has 0 bridgehead atoms. The summed E-state index contributed by atoms with van der Waals surface area (Å²) >= 11 is 0. The first kappa shape index (κ1) is 18.1. The number of hydrogen-bond donors (Lipinski definition) is 2. The largest absolute Gasteiger partial charge is 0.480 e. The van der Waals surface area contributed by atoms with Crippen molar-refractivity contribution in [1.29, 1.82) is 5.26 Å². The van der Waals surface area contributed by atoms with Crippen LogP contribution in [-0.4, -0.2) is 39.9 Å². The summed E-state index contributed by atoms with van der Waals surface area (Å²) in [5.74, 6) is -4.11. The average molecular weight is 355 g/mol. The third kappa shape index (κ3) is 2.26. The topological polar surface area (TPSA) is 110 Å². The van der Waals surface area contributed by atoms with E-state index in [2.05, 4.69) is 11.4 Å². The first-order valence-electron chi connectivity index (χ1n) is 8.65. The predicted octanol–water partition coefficient (Wildman–Crippen LogP) is 1.30. The lowest BCUT2D eigenvalue weighted by Gasteiger charge is -2.34. The zero-order chi connectivity index (χ0) is 19.2. The van der Waals surface area contributed by atoms with E-state index in [1.54, 1.807) is 45.0 Å². The molecule has 2 aliphatic heterocycles. The molecule has 2 aliphatic rings. The molecule has 0 radical (unpaired) electrons. The second kappa shape index (κ2) is 6.22. The number of carboxylic acid groups (broad SMARTS) is 1. The van der Waals surface area contributed by atoms with Crippen LogP contribution >= 0.6 is 0 Å². The normalized spacial score (nSPS) is 30.6. The smallest absolute Gasteiger partial charge is 0.325 e. The van der Waals surface area contributed by atoms with Gasteiger partial charge >= 0.3 is 5.97 Å². The van der Waals surface area contributed by atoms with Crippen molar-refractivity contribution in [2.75, 3.05) is 6.54 Å². The van der Waals surface area contributed by atoms with Crippen LogP contribution < -0.4 is 5.32 Å². The highest BCUT2D eigenvalue weighted by atomic mass is 16.4. The van der Waals surface area contributed by atoms with Crippen LogP contribution in [0.5, 0.6) is 0 Å². The minimum absolute atomic E-state index is 0.212. The highest BCUT2D eigenvalue weighted by Gasteiger charge is 2.69. The Kier molecular flexibility index (Phi) is 4.32. The molecule has 0 saturated carbocycles. The maximum absolute atomic E-state index is 12.9. The van der Waals surface area contributed by atoms with Crippen LogP contribution in [0.2, 0.25) is 0 Å². The number of nitriles is 1. The molecule has 26 heavy (non-hydrogen) atoms. The molecule has 4 atom stereocenters. The van der Waals surface area contributed by atoms with Crippen molar-refractivity contribution >= 4 is 17.8 Å². The molecule has 2 amide bonds. The van der Waals surface area contributed by atoms with E-state index in [1.165, 1.54) is 0 Å². The first-order chi connectivity index (χ1) is 12.3. The molecular formula is C19H21N3O4.